The lowest BCUT2D eigenvalue weighted by Gasteiger charge is -2.13. The smallest absolute Gasteiger partial charge is 0.119 e. The van der Waals surface area contributed by atoms with Gasteiger partial charge in [-0.1, -0.05) is 25.0 Å². The molecule has 1 aliphatic carbocycles. The van der Waals surface area contributed by atoms with Crippen molar-refractivity contribution in [2.75, 3.05) is 6.61 Å². The van der Waals surface area contributed by atoms with Gasteiger partial charge >= 0.3 is 0 Å². The highest BCUT2D eigenvalue weighted by molar-refractivity contribution is 5.30. The van der Waals surface area contributed by atoms with Gasteiger partial charge in [-0.3, -0.25) is 0 Å². The maximum Gasteiger partial charge on any atom is 0.119 e. The highest BCUT2D eigenvalue weighted by Gasteiger charge is 2.15. The number of rotatable bonds is 5. The van der Waals surface area contributed by atoms with Crippen molar-refractivity contribution in [3.05, 3.63) is 29.8 Å². The predicted molar refractivity (Wildman–Crippen MR) is 69.1 cm³/mol. The van der Waals surface area contributed by atoms with Crippen LogP contribution in [0.5, 0.6) is 5.75 Å². The summed E-state index contributed by atoms with van der Waals surface area (Å²) in [4.78, 5) is 0. The molecule has 1 N–H and O–H groups in total. The summed E-state index contributed by atoms with van der Waals surface area (Å²) in [5.41, 5.74) is 0.750. The third-order valence-corrected chi connectivity index (χ3v) is 3.49. The van der Waals surface area contributed by atoms with Gasteiger partial charge in [0.05, 0.1) is 25.2 Å². The molecule has 1 unspecified atom stereocenters. The van der Waals surface area contributed by atoms with E-state index in [-0.39, 0.29) is 6.42 Å². The first-order chi connectivity index (χ1) is 8.79. The van der Waals surface area contributed by atoms with E-state index in [1.165, 1.54) is 25.7 Å². The second kappa shape index (κ2) is 6.42. The summed E-state index contributed by atoms with van der Waals surface area (Å²) < 4.78 is 5.76. The number of nitriles is 1. The fourth-order valence-corrected chi connectivity index (χ4v) is 2.41. The minimum absolute atomic E-state index is 0.117. The van der Waals surface area contributed by atoms with Gasteiger partial charge < -0.3 is 9.84 Å². The van der Waals surface area contributed by atoms with Crippen LogP contribution in [-0.2, 0) is 0 Å². The largest absolute Gasteiger partial charge is 0.493 e. The van der Waals surface area contributed by atoms with Crippen LogP contribution in [0.4, 0.5) is 0 Å². The van der Waals surface area contributed by atoms with Crippen LogP contribution in [0.25, 0.3) is 0 Å². The topological polar surface area (TPSA) is 53.2 Å². The van der Waals surface area contributed by atoms with Crippen LogP contribution in [0, 0.1) is 17.2 Å². The van der Waals surface area contributed by atoms with E-state index in [0.717, 1.165) is 17.9 Å². The molecule has 0 bridgehead atoms. The molecule has 0 radical (unpaired) electrons. The Kier molecular flexibility index (Phi) is 4.60. The molecule has 1 aliphatic rings. The van der Waals surface area contributed by atoms with E-state index in [1.807, 2.05) is 30.3 Å². The highest BCUT2D eigenvalue weighted by Crippen LogP contribution is 2.26. The zero-order chi connectivity index (χ0) is 12.8. The van der Waals surface area contributed by atoms with Crippen molar-refractivity contribution in [2.24, 2.45) is 5.92 Å². The molecule has 0 spiro atoms. The molecule has 3 nitrogen and oxygen atoms in total. The number of hydrogen-bond donors (Lipinski definition) is 1. The number of ether oxygens (including phenoxy) is 1. The van der Waals surface area contributed by atoms with Gasteiger partial charge in [-0.25, -0.2) is 0 Å². The molecule has 0 aromatic heterocycles. The third-order valence-electron chi connectivity index (χ3n) is 3.49. The monoisotopic (exact) mass is 245 g/mol. The molecular weight excluding hydrogens is 226 g/mol. The van der Waals surface area contributed by atoms with Crippen molar-refractivity contribution in [3.63, 3.8) is 0 Å². The van der Waals surface area contributed by atoms with Gasteiger partial charge in [-0.05, 0) is 36.5 Å². The van der Waals surface area contributed by atoms with E-state index in [1.54, 1.807) is 0 Å². The molecule has 2 rings (SSSR count). The molecule has 3 heteroatoms. The van der Waals surface area contributed by atoms with E-state index in [4.69, 9.17) is 10.00 Å². The van der Waals surface area contributed by atoms with Crippen molar-refractivity contribution < 1.29 is 9.84 Å². The summed E-state index contributed by atoms with van der Waals surface area (Å²) in [6.07, 6.45) is 4.55. The molecule has 1 atom stereocenters. The van der Waals surface area contributed by atoms with Crippen LogP contribution in [-0.4, -0.2) is 11.7 Å². The van der Waals surface area contributed by atoms with Crippen LogP contribution in [0.15, 0.2) is 24.3 Å². The fraction of sp³-hybridized carbons (Fsp3) is 0.533. The average Bonchev–Trinajstić information content (AvgIpc) is 2.90. The Bertz CT molecular complexity index is 419. The lowest BCUT2D eigenvalue weighted by molar-refractivity contribution is 0.182. The molecule has 0 aliphatic heterocycles. The van der Waals surface area contributed by atoms with E-state index in [0.29, 0.717) is 5.92 Å². The van der Waals surface area contributed by atoms with Gasteiger partial charge in [0.2, 0.25) is 0 Å². The first kappa shape index (κ1) is 12.9. The number of nitrogens with zero attached hydrogens (tertiary/aromatic N) is 1. The number of hydrogen-bond acceptors (Lipinski definition) is 3. The zero-order valence-corrected chi connectivity index (χ0v) is 10.5. The van der Waals surface area contributed by atoms with E-state index >= 15 is 0 Å². The van der Waals surface area contributed by atoms with Crippen molar-refractivity contribution in [2.45, 2.75) is 38.2 Å². The van der Waals surface area contributed by atoms with Gasteiger partial charge in [0.15, 0.2) is 0 Å². The SMILES string of the molecule is N#CCC(O)c1cccc(OCC2CCCC2)c1. The van der Waals surface area contributed by atoms with Crippen LogP contribution in [0.1, 0.15) is 43.8 Å². The molecule has 0 heterocycles. The molecule has 18 heavy (non-hydrogen) atoms. The molecule has 0 saturated heterocycles. The summed E-state index contributed by atoms with van der Waals surface area (Å²) in [5.74, 6) is 1.47. The number of aliphatic hydroxyl groups excluding tert-OH is 1. The summed E-state index contributed by atoms with van der Waals surface area (Å²) in [6.45, 7) is 0.762. The number of benzene rings is 1. The predicted octanol–water partition coefficient (Wildman–Crippen LogP) is 3.20. The lowest BCUT2D eigenvalue weighted by atomic mass is 10.1. The Morgan fingerprint density at radius 1 is 1.39 bits per heavy atom. The molecule has 1 fully saturated rings. The second-order valence-electron chi connectivity index (χ2n) is 4.91. The van der Waals surface area contributed by atoms with Crippen molar-refractivity contribution in [1.29, 1.82) is 5.26 Å². The van der Waals surface area contributed by atoms with E-state index in [9.17, 15) is 5.11 Å². The Hall–Kier alpha value is -1.53. The maximum absolute atomic E-state index is 9.75. The quantitative estimate of drug-likeness (QED) is 0.866. The van der Waals surface area contributed by atoms with Gasteiger partial charge in [0.25, 0.3) is 0 Å². The molecule has 1 saturated carbocycles. The standard InChI is InChI=1S/C15H19NO2/c16-9-8-15(17)13-6-3-7-14(10-13)18-11-12-4-1-2-5-12/h3,6-7,10,12,15,17H,1-2,4-5,8,11H2. The molecule has 96 valence electrons. The third kappa shape index (κ3) is 3.48. The Labute approximate surface area is 108 Å². The zero-order valence-electron chi connectivity index (χ0n) is 10.5. The minimum Gasteiger partial charge on any atom is -0.493 e. The Morgan fingerprint density at radius 3 is 2.89 bits per heavy atom. The van der Waals surface area contributed by atoms with Gasteiger partial charge in [0.1, 0.15) is 5.75 Å². The van der Waals surface area contributed by atoms with Crippen LogP contribution >= 0.6 is 0 Å². The number of aliphatic hydroxyl groups is 1. The molecule has 0 amide bonds. The van der Waals surface area contributed by atoms with Crippen molar-refractivity contribution in [3.8, 4) is 11.8 Å². The van der Waals surface area contributed by atoms with Crippen molar-refractivity contribution in [1.82, 2.24) is 0 Å². The van der Waals surface area contributed by atoms with Crippen molar-refractivity contribution >= 4 is 0 Å². The summed E-state index contributed by atoms with van der Waals surface area (Å²) in [7, 11) is 0. The first-order valence-electron chi connectivity index (χ1n) is 6.57. The lowest BCUT2D eigenvalue weighted by Crippen LogP contribution is -2.08. The summed E-state index contributed by atoms with van der Waals surface area (Å²) in [6, 6.07) is 9.39. The van der Waals surface area contributed by atoms with Gasteiger partial charge in [-0.15, -0.1) is 0 Å². The fourth-order valence-electron chi connectivity index (χ4n) is 2.41. The van der Waals surface area contributed by atoms with Crippen LogP contribution in [0.3, 0.4) is 0 Å². The van der Waals surface area contributed by atoms with Gasteiger partial charge in [0, 0.05) is 0 Å². The molecule has 1 aromatic carbocycles. The van der Waals surface area contributed by atoms with Crippen LogP contribution < -0.4 is 4.74 Å². The van der Waals surface area contributed by atoms with Gasteiger partial charge in [-0.2, -0.15) is 5.26 Å². The summed E-state index contributed by atoms with van der Waals surface area (Å²) in [5, 5.41) is 18.3. The first-order valence-corrected chi connectivity index (χ1v) is 6.57. The maximum atomic E-state index is 9.75. The summed E-state index contributed by atoms with van der Waals surface area (Å²) >= 11 is 0. The highest BCUT2D eigenvalue weighted by atomic mass is 16.5. The van der Waals surface area contributed by atoms with E-state index in [2.05, 4.69) is 0 Å². The second-order valence-corrected chi connectivity index (χ2v) is 4.91. The average molecular weight is 245 g/mol. The normalized spacial score (nSPS) is 17.3. The van der Waals surface area contributed by atoms with E-state index < -0.39 is 6.10 Å². The Morgan fingerprint density at radius 2 is 2.17 bits per heavy atom. The molecular formula is C15H19NO2. The van der Waals surface area contributed by atoms with Crippen LogP contribution in [0.2, 0.25) is 0 Å². The minimum atomic E-state index is -0.718. The Balaban J connectivity index is 1.92. The molecule has 1 aromatic rings.